The molecule has 1 aliphatic rings. The summed E-state index contributed by atoms with van der Waals surface area (Å²) in [6, 6.07) is 7.59. The molecule has 0 bridgehead atoms. The summed E-state index contributed by atoms with van der Waals surface area (Å²) in [7, 11) is 0. The molecule has 0 saturated heterocycles. The predicted octanol–water partition coefficient (Wildman–Crippen LogP) is 1.79. The molecule has 1 aliphatic carbocycles. The number of esters is 1. The molecule has 0 aromatic heterocycles. The molecule has 1 aromatic rings. The van der Waals surface area contributed by atoms with E-state index >= 15 is 0 Å². The first-order valence-corrected chi connectivity index (χ1v) is 5.63. The maximum absolute atomic E-state index is 12.0. The van der Waals surface area contributed by atoms with Gasteiger partial charge in [0.15, 0.2) is 0 Å². The molecule has 94 valence electrons. The zero-order valence-corrected chi connectivity index (χ0v) is 10.1. The van der Waals surface area contributed by atoms with Crippen LogP contribution in [0.5, 0.6) is 0 Å². The van der Waals surface area contributed by atoms with Gasteiger partial charge in [0.1, 0.15) is 6.61 Å². The van der Waals surface area contributed by atoms with Gasteiger partial charge >= 0.3 is 5.97 Å². The number of rotatable bonds is 6. The standard InChI is InChI=1S/C14H14O4/c1-3-8-17-13(16)14(2,18-9-15)12-10-6-4-5-7-11(10)12/h3-7,9,12H,1,8H2,2H3. The number of carbonyl (C=O) groups excluding carboxylic acids is 2. The fourth-order valence-electron chi connectivity index (χ4n) is 2.17. The van der Waals surface area contributed by atoms with E-state index in [0.717, 1.165) is 11.1 Å². The minimum absolute atomic E-state index is 0.0969. The Morgan fingerprint density at radius 3 is 2.56 bits per heavy atom. The minimum Gasteiger partial charge on any atom is -0.458 e. The maximum atomic E-state index is 12.0. The van der Waals surface area contributed by atoms with Crippen molar-refractivity contribution >= 4 is 12.4 Å². The van der Waals surface area contributed by atoms with Crippen LogP contribution in [0.15, 0.2) is 36.9 Å². The molecule has 0 heterocycles. The zero-order valence-electron chi connectivity index (χ0n) is 10.1. The monoisotopic (exact) mass is 246 g/mol. The molecule has 1 atom stereocenters. The van der Waals surface area contributed by atoms with Crippen LogP contribution in [0.1, 0.15) is 24.0 Å². The second-order valence-electron chi connectivity index (χ2n) is 4.27. The molecule has 2 rings (SSSR count). The van der Waals surface area contributed by atoms with Crippen molar-refractivity contribution in [3.63, 3.8) is 0 Å². The van der Waals surface area contributed by atoms with Gasteiger partial charge in [-0.1, -0.05) is 36.9 Å². The average Bonchev–Trinajstić information content (AvgIpc) is 3.10. The lowest BCUT2D eigenvalue weighted by Crippen LogP contribution is -2.41. The van der Waals surface area contributed by atoms with Gasteiger partial charge in [-0.2, -0.15) is 0 Å². The number of fused-ring (bicyclic) bond motifs is 1. The van der Waals surface area contributed by atoms with Crippen LogP contribution in [0.4, 0.5) is 0 Å². The molecule has 1 aromatic carbocycles. The largest absolute Gasteiger partial charge is 0.458 e. The molecular weight excluding hydrogens is 232 g/mol. The second-order valence-corrected chi connectivity index (χ2v) is 4.27. The van der Waals surface area contributed by atoms with Crippen molar-refractivity contribution in [1.29, 1.82) is 0 Å². The third-order valence-electron chi connectivity index (χ3n) is 3.12. The third kappa shape index (κ3) is 1.90. The SMILES string of the molecule is C=CCOC(=O)C(C)(OC=O)C1c2ccccc21. The molecular formula is C14H14O4. The number of benzene rings is 1. The second kappa shape index (κ2) is 4.64. The molecule has 0 radical (unpaired) electrons. The van der Waals surface area contributed by atoms with Crippen LogP contribution >= 0.6 is 0 Å². The van der Waals surface area contributed by atoms with Crippen LogP contribution in [0.3, 0.4) is 0 Å². The summed E-state index contributed by atoms with van der Waals surface area (Å²) in [5, 5.41) is 0. The summed E-state index contributed by atoms with van der Waals surface area (Å²) in [6.45, 7) is 5.42. The molecule has 0 aliphatic heterocycles. The topological polar surface area (TPSA) is 52.6 Å². The minimum atomic E-state index is -1.30. The van der Waals surface area contributed by atoms with Gasteiger partial charge in [-0.05, 0) is 18.1 Å². The van der Waals surface area contributed by atoms with Crippen molar-refractivity contribution in [2.24, 2.45) is 0 Å². The Bertz CT molecular complexity index is 471. The summed E-state index contributed by atoms with van der Waals surface area (Å²) in [5.74, 6) is -0.772. The van der Waals surface area contributed by atoms with Gasteiger partial charge < -0.3 is 9.47 Å². The summed E-state index contributed by atoms with van der Waals surface area (Å²) < 4.78 is 10.0. The van der Waals surface area contributed by atoms with Gasteiger partial charge in [0.2, 0.25) is 5.60 Å². The van der Waals surface area contributed by atoms with Crippen LogP contribution in [-0.4, -0.2) is 24.6 Å². The fourth-order valence-corrected chi connectivity index (χ4v) is 2.17. The van der Waals surface area contributed by atoms with Crippen molar-refractivity contribution in [3.8, 4) is 0 Å². The van der Waals surface area contributed by atoms with Crippen molar-refractivity contribution < 1.29 is 19.1 Å². The Morgan fingerprint density at radius 1 is 1.44 bits per heavy atom. The lowest BCUT2D eigenvalue weighted by atomic mass is 9.97. The highest BCUT2D eigenvalue weighted by Crippen LogP contribution is 2.51. The van der Waals surface area contributed by atoms with E-state index in [1.165, 1.54) is 6.08 Å². The lowest BCUT2D eigenvalue weighted by Gasteiger charge is -2.25. The third-order valence-corrected chi connectivity index (χ3v) is 3.12. The van der Waals surface area contributed by atoms with E-state index in [-0.39, 0.29) is 19.0 Å². The van der Waals surface area contributed by atoms with E-state index in [2.05, 4.69) is 6.58 Å². The molecule has 0 saturated carbocycles. The Hall–Kier alpha value is -2.10. The van der Waals surface area contributed by atoms with Crippen LogP contribution in [0, 0.1) is 0 Å². The van der Waals surface area contributed by atoms with Crippen molar-refractivity contribution in [2.45, 2.75) is 18.4 Å². The first kappa shape index (κ1) is 12.4. The van der Waals surface area contributed by atoms with Crippen LogP contribution < -0.4 is 0 Å². The van der Waals surface area contributed by atoms with Crippen LogP contribution in [0.25, 0.3) is 0 Å². The summed E-state index contributed by atoms with van der Waals surface area (Å²) in [6.07, 6.45) is 1.47. The quantitative estimate of drug-likeness (QED) is 0.436. The number of ether oxygens (including phenoxy) is 2. The molecule has 0 fully saturated rings. The zero-order chi connectivity index (χ0) is 13.2. The highest BCUT2D eigenvalue weighted by Gasteiger charge is 2.54. The van der Waals surface area contributed by atoms with E-state index in [1.807, 2.05) is 24.3 Å². The summed E-state index contributed by atoms with van der Waals surface area (Å²) in [5.41, 5.74) is 0.726. The Labute approximate surface area is 105 Å². The van der Waals surface area contributed by atoms with Crippen molar-refractivity contribution in [1.82, 2.24) is 0 Å². The Balaban J connectivity index is 2.21. The first-order chi connectivity index (χ1) is 8.65. The number of hydrogen-bond acceptors (Lipinski definition) is 4. The van der Waals surface area contributed by atoms with Gasteiger partial charge in [-0.15, -0.1) is 0 Å². The Kier molecular flexibility index (Phi) is 3.19. The van der Waals surface area contributed by atoms with E-state index in [0.29, 0.717) is 0 Å². The van der Waals surface area contributed by atoms with Crippen LogP contribution in [0.2, 0.25) is 0 Å². The molecule has 0 N–H and O–H groups in total. The van der Waals surface area contributed by atoms with Crippen molar-refractivity contribution in [3.05, 3.63) is 48.0 Å². The Morgan fingerprint density at radius 2 is 2.06 bits per heavy atom. The highest BCUT2D eigenvalue weighted by atomic mass is 16.6. The molecule has 18 heavy (non-hydrogen) atoms. The maximum Gasteiger partial charge on any atom is 0.351 e. The average molecular weight is 246 g/mol. The van der Waals surface area contributed by atoms with E-state index in [1.54, 1.807) is 6.92 Å². The lowest BCUT2D eigenvalue weighted by molar-refractivity contribution is -0.173. The van der Waals surface area contributed by atoms with Gasteiger partial charge in [-0.3, -0.25) is 4.79 Å². The molecule has 0 amide bonds. The predicted molar refractivity (Wildman–Crippen MR) is 65.0 cm³/mol. The smallest absolute Gasteiger partial charge is 0.351 e. The van der Waals surface area contributed by atoms with E-state index in [9.17, 15) is 9.59 Å². The number of carbonyl (C=O) groups is 2. The highest BCUT2D eigenvalue weighted by molar-refractivity contribution is 5.85. The molecule has 4 heteroatoms. The summed E-state index contributed by atoms with van der Waals surface area (Å²) in [4.78, 5) is 22.6. The molecule has 1 unspecified atom stereocenters. The van der Waals surface area contributed by atoms with E-state index < -0.39 is 11.6 Å². The van der Waals surface area contributed by atoms with E-state index in [4.69, 9.17) is 9.47 Å². The number of hydrogen-bond donors (Lipinski definition) is 0. The van der Waals surface area contributed by atoms with Gasteiger partial charge in [0.25, 0.3) is 6.47 Å². The molecule has 0 spiro atoms. The van der Waals surface area contributed by atoms with Gasteiger partial charge in [0.05, 0.1) is 5.92 Å². The first-order valence-electron chi connectivity index (χ1n) is 5.63. The molecule has 4 nitrogen and oxygen atoms in total. The van der Waals surface area contributed by atoms with Crippen molar-refractivity contribution in [2.75, 3.05) is 6.61 Å². The van der Waals surface area contributed by atoms with Gasteiger partial charge in [-0.25, -0.2) is 4.79 Å². The summed E-state index contributed by atoms with van der Waals surface area (Å²) >= 11 is 0. The van der Waals surface area contributed by atoms with Crippen LogP contribution in [-0.2, 0) is 19.1 Å². The fraction of sp³-hybridized carbons (Fsp3) is 0.286. The van der Waals surface area contributed by atoms with Gasteiger partial charge in [0, 0.05) is 0 Å². The normalized spacial score (nSPS) is 16.1.